The van der Waals surface area contributed by atoms with Crippen LogP contribution in [-0.2, 0) is 43.4 Å². The van der Waals surface area contributed by atoms with Gasteiger partial charge in [-0.05, 0) is 101 Å². The number of nitrogens with two attached hydrogens (primary N) is 1. The highest BCUT2D eigenvalue weighted by atomic mass is 35.5. The number of benzene rings is 2. The number of aromatic amines is 1. The monoisotopic (exact) mass is 756 g/mol. The molecule has 288 valence electrons. The molecule has 3 saturated heterocycles. The zero-order valence-electron chi connectivity index (χ0n) is 30.0. The third kappa shape index (κ3) is 15.1. The quantitative estimate of drug-likeness (QED) is 0.0905. The van der Waals surface area contributed by atoms with Crippen LogP contribution in [0.2, 0.25) is 5.02 Å². The van der Waals surface area contributed by atoms with E-state index >= 15 is 0 Å². The predicted octanol–water partition coefficient (Wildman–Crippen LogP) is 5.01. The molecule has 3 aromatic rings. The van der Waals surface area contributed by atoms with Crippen LogP contribution in [0.4, 0.5) is 4.39 Å². The molecule has 0 aliphatic carbocycles. The summed E-state index contributed by atoms with van der Waals surface area (Å²) in [6.07, 6.45) is 11.6. The number of carboxylic acid groups (broad SMARTS) is 1. The fourth-order valence-electron chi connectivity index (χ4n) is 5.85. The number of allylic oxidation sites excluding steroid dienone is 3. The van der Waals surface area contributed by atoms with E-state index in [1.54, 1.807) is 23.1 Å². The van der Waals surface area contributed by atoms with Crippen molar-refractivity contribution < 1.29 is 38.5 Å². The van der Waals surface area contributed by atoms with Gasteiger partial charge in [0.15, 0.2) is 0 Å². The molecule has 15 heteroatoms. The number of carbonyl (C=O) groups is 3. The number of ether oxygens (including phenoxy) is 2. The average Bonchev–Trinajstić information content (AvgIpc) is 3.74. The number of carbonyl (C=O) groups excluding carboxylic acids is 2. The van der Waals surface area contributed by atoms with E-state index in [-0.39, 0.29) is 25.4 Å². The predicted molar refractivity (Wildman–Crippen MR) is 202 cm³/mol. The highest BCUT2D eigenvalue weighted by Gasteiger charge is 2.24. The summed E-state index contributed by atoms with van der Waals surface area (Å²) in [6, 6.07) is 10.4. The zero-order chi connectivity index (χ0) is 38.6. The molecule has 2 atom stereocenters. The van der Waals surface area contributed by atoms with Gasteiger partial charge in [0.1, 0.15) is 18.2 Å². The lowest BCUT2D eigenvalue weighted by atomic mass is 9.93. The number of aliphatic imine (C=N–C) groups is 1. The summed E-state index contributed by atoms with van der Waals surface area (Å²) in [5.74, 6) is 1.51. The van der Waals surface area contributed by atoms with Crippen molar-refractivity contribution in [2.75, 3.05) is 32.8 Å². The smallest absolute Gasteiger partial charge is 0.290 e. The molecule has 5 N–H and O–H groups in total. The summed E-state index contributed by atoms with van der Waals surface area (Å²) in [6.45, 7) is 10.2. The molecule has 0 bridgehead atoms. The minimum absolute atomic E-state index is 0.0522. The largest absolute Gasteiger partial charge is 0.483 e. The lowest BCUT2D eigenvalue weighted by Crippen LogP contribution is -2.33. The summed E-state index contributed by atoms with van der Waals surface area (Å²) >= 11 is 5.80. The fourth-order valence-corrected chi connectivity index (χ4v) is 6.01. The second-order valence-corrected chi connectivity index (χ2v) is 13.2. The van der Waals surface area contributed by atoms with E-state index in [2.05, 4.69) is 40.3 Å². The number of aliphatic hydroxyl groups is 1. The number of likely N-dealkylation sites (tertiary alicyclic amines) is 2. The minimum Gasteiger partial charge on any atom is -0.483 e. The molecule has 1 aromatic heterocycles. The Morgan fingerprint density at radius 2 is 1.89 bits per heavy atom. The second-order valence-electron chi connectivity index (χ2n) is 12.8. The summed E-state index contributed by atoms with van der Waals surface area (Å²) in [7, 11) is 0. The molecule has 3 aliphatic rings. The number of aliphatic hydroxyl groups excluding tert-OH is 1. The third-order valence-electron chi connectivity index (χ3n) is 8.86. The molecule has 13 nitrogen and oxygen atoms in total. The summed E-state index contributed by atoms with van der Waals surface area (Å²) in [5.41, 5.74) is 7.37. The van der Waals surface area contributed by atoms with Crippen molar-refractivity contribution in [3.8, 4) is 0 Å². The molecule has 53 heavy (non-hydrogen) atoms. The zero-order valence-corrected chi connectivity index (χ0v) is 30.8. The van der Waals surface area contributed by atoms with Gasteiger partial charge in [0.05, 0.1) is 36.2 Å². The number of fused-ring (bicyclic) bond motifs is 1. The SMILES string of the molecule is C=N/C(=C\C=C/CC1CCN(Cc2nc3ccc(CC(=O)N4CC[C@@H](O)C4)cc3[nH]2)CC1)OCc1ccc(Cl)cc1F.C[C@@H]1CCO1.NC=O.O=CO. The van der Waals surface area contributed by atoms with Crippen molar-refractivity contribution in [3.05, 3.63) is 88.3 Å². The standard InChI is InChI=1S/C32H37ClFN5O3.C4H8O.CH3NO.CH2O2/c1-35-31(42-21-24-7-8-25(33)18-27(24)34)5-3-2-4-22-10-13-38(14-11-22)20-30-36-28-9-6-23(16-29(28)37-30)17-32(41)39-15-12-26(40)19-39;1-4-2-3-5-4;2*2-1-3/h2-3,5-9,16,18,22,26,40H,1,4,10-15,17,19-21H2,(H,36,37);4H,2-3H2,1H3;1H,(H2,2,3);1H,(H,2,3)/b3-2-,31-5+;;;/t26-;4-;;/m11../s1. The maximum Gasteiger partial charge on any atom is 0.290 e. The van der Waals surface area contributed by atoms with Crippen LogP contribution in [0, 0.1) is 11.7 Å². The number of imidazole rings is 1. The van der Waals surface area contributed by atoms with Gasteiger partial charge in [-0.2, -0.15) is 0 Å². The second kappa shape index (κ2) is 23.1. The van der Waals surface area contributed by atoms with Crippen LogP contribution in [0.25, 0.3) is 11.0 Å². The Bertz CT molecular complexity index is 1670. The Hall–Kier alpha value is -4.63. The van der Waals surface area contributed by atoms with Gasteiger partial charge < -0.3 is 35.3 Å². The Morgan fingerprint density at radius 1 is 1.19 bits per heavy atom. The van der Waals surface area contributed by atoms with Gasteiger partial charge in [0.2, 0.25) is 18.2 Å². The van der Waals surface area contributed by atoms with Crippen molar-refractivity contribution in [1.29, 1.82) is 0 Å². The van der Waals surface area contributed by atoms with Gasteiger partial charge in [-0.3, -0.25) is 19.3 Å². The van der Waals surface area contributed by atoms with Crippen molar-refractivity contribution >= 4 is 48.1 Å². The molecular formula is C38H50ClFN6O7. The summed E-state index contributed by atoms with van der Waals surface area (Å²) < 4.78 is 24.5. The van der Waals surface area contributed by atoms with Crippen LogP contribution in [0.5, 0.6) is 0 Å². The number of primary amides is 1. The van der Waals surface area contributed by atoms with E-state index < -0.39 is 11.9 Å². The lowest BCUT2D eigenvalue weighted by Gasteiger charge is -2.30. The number of rotatable bonds is 11. The summed E-state index contributed by atoms with van der Waals surface area (Å²) in [4.78, 5) is 45.8. The molecule has 0 saturated carbocycles. The fraction of sp³-hybridized carbons (Fsp3) is 0.447. The van der Waals surface area contributed by atoms with E-state index in [0.29, 0.717) is 54.4 Å². The number of H-pyrrole nitrogens is 1. The number of aromatic nitrogens is 2. The van der Waals surface area contributed by atoms with Crippen LogP contribution in [0.1, 0.15) is 56.0 Å². The molecule has 2 amide bonds. The first kappa shape index (κ1) is 42.8. The van der Waals surface area contributed by atoms with Crippen LogP contribution in [-0.4, -0.2) is 100 Å². The van der Waals surface area contributed by atoms with E-state index in [1.165, 1.54) is 12.5 Å². The van der Waals surface area contributed by atoms with Crippen LogP contribution < -0.4 is 5.73 Å². The van der Waals surface area contributed by atoms with E-state index in [0.717, 1.165) is 67.9 Å². The van der Waals surface area contributed by atoms with E-state index in [4.69, 9.17) is 40.8 Å². The van der Waals surface area contributed by atoms with Crippen molar-refractivity contribution in [1.82, 2.24) is 19.8 Å². The summed E-state index contributed by atoms with van der Waals surface area (Å²) in [5, 5.41) is 16.9. The number of piperidine rings is 1. The van der Waals surface area contributed by atoms with Crippen molar-refractivity contribution in [3.63, 3.8) is 0 Å². The maximum atomic E-state index is 14.0. The van der Waals surface area contributed by atoms with Crippen LogP contribution >= 0.6 is 11.6 Å². The Kier molecular flexibility index (Phi) is 18.7. The van der Waals surface area contributed by atoms with Crippen molar-refractivity contribution in [2.45, 2.75) is 70.8 Å². The first-order valence-corrected chi connectivity index (χ1v) is 17.9. The third-order valence-corrected chi connectivity index (χ3v) is 9.10. The number of hydrogen-bond acceptors (Lipinski definition) is 9. The number of amides is 2. The number of nitrogens with zero attached hydrogens (tertiary/aromatic N) is 4. The molecule has 4 heterocycles. The Balaban J connectivity index is 0.000000600. The minimum atomic E-state index is -0.411. The van der Waals surface area contributed by atoms with Gasteiger partial charge in [-0.15, -0.1) is 0 Å². The number of halogens is 2. The molecule has 6 rings (SSSR count). The molecule has 2 aromatic carbocycles. The highest BCUT2D eigenvalue weighted by Crippen LogP contribution is 2.23. The molecular weight excluding hydrogens is 707 g/mol. The Labute approximate surface area is 314 Å². The Morgan fingerprint density at radius 3 is 2.47 bits per heavy atom. The van der Waals surface area contributed by atoms with Gasteiger partial charge in [0, 0.05) is 30.3 Å². The normalized spacial score (nSPS) is 18.8. The van der Waals surface area contributed by atoms with Gasteiger partial charge in [-0.1, -0.05) is 35.9 Å². The maximum absolute atomic E-state index is 14.0. The molecule has 0 unspecified atom stereocenters. The van der Waals surface area contributed by atoms with E-state index in [9.17, 15) is 14.3 Å². The number of nitrogens with one attached hydrogen (secondary N) is 1. The van der Waals surface area contributed by atoms with Crippen LogP contribution in [0.15, 0.2) is 65.5 Å². The number of hydrogen-bond donors (Lipinski definition) is 4. The molecule has 3 aliphatic heterocycles. The first-order valence-electron chi connectivity index (χ1n) is 17.5. The number of β-amino-alcohol motifs (C(OH)–C–C–N with tert-alkyl or cyclic N) is 1. The average molecular weight is 757 g/mol. The van der Waals surface area contributed by atoms with Gasteiger partial charge in [0.25, 0.3) is 6.47 Å². The lowest BCUT2D eigenvalue weighted by molar-refractivity contribution is -0.129. The van der Waals surface area contributed by atoms with Gasteiger partial charge >= 0.3 is 0 Å². The topological polar surface area (TPSA) is 184 Å². The molecule has 3 fully saturated rings. The highest BCUT2D eigenvalue weighted by molar-refractivity contribution is 6.30. The van der Waals surface area contributed by atoms with Gasteiger partial charge in [-0.25, -0.2) is 14.4 Å². The van der Waals surface area contributed by atoms with Crippen LogP contribution in [0.3, 0.4) is 0 Å². The molecule has 0 radical (unpaired) electrons. The van der Waals surface area contributed by atoms with Crippen molar-refractivity contribution in [2.24, 2.45) is 16.6 Å². The van der Waals surface area contributed by atoms with E-state index in [1.807, 2.05) is 24.3 Å². The first-order chi connectivity index (χ1) is 25.6. The molecule has 0 spiro atoms.